The average Bonchev–Trinajstić information content (AvgIpc) is 3.15. The zero-order chi connectivity index (χ0) is 24.1. The first-order valence-corrected chi connectivity index (χ1v) is 10.0. The van der Waals surface area contributed by atoms with Crippen molar-refractivity contribution in [2.75, 3.05) is 18.4 Å². The van der Waals surface area contributed by atoms with Gasteiger partial charge in [0.1, 0.15) is 23.2 Å². The number of halogens is 5. The molecule has 1 amide bonds. The van der Waals surface area contributed by atoms with Crippen LogP contribution in [0.5, 0.6) is 0 Å². The van der Waals surface area contributed by atoms with Crippen LogP contribution in [0.25, 0.3) is 11.3 Å². The molecule has 1 aromatic heterocycles. The number of anilines is 2. The Kier molecular flexibility index (Phi) is 5.61. The van der Waals surface area contributed by atoms with Gasteiger partial charge < -0.3 is 20.5 Å². The normalized spacial score (nSPS) is 14.8. The third kappa shape index (κ3) is 3.71. The molecule has 0 spiro atoms. The fourth-order valence-corrected chi connectivity index (χ4v) is 4.01. The van der Waals surface area contributed by atoms with E-state index in [4.69, 9.17) is 5.73 Å². The van der Waals surface area contributed by atoms with Gasteiger partial charge in [-0.2, -0.15) is 0 Å². The average molecular weight is 465 g/mol. The van der Waals surface area contributed by atoms with Crippen molar-refractivity contribution in [3.05, 3.63) is 65.2 Å². The van der Waals surface area contributed by atoms with Crippen LogP contribution >= 0.6 is 0 Å². The van der Waals surface area contributed by atoms with Crippen molar-refractivity contribution in [1.29, 1.82) is 0 Å². The van der Waals surface area contributed by atoms with E-state index in [0.29, 0.717) is 17.6 Å². The molecule has 0 aliphatic carbocycles. The van der Waals surface area contributed by atoms with Crippen molar-refractivity contribution < 1.29 is 26.7 Å². The molecule has 0 saturated heterocycles. The summed E-state index contributed by atoms with van der Waals surface area (Å²) >= 11 is 0. The summed E-state index contributed by atoms with van der Waals surface area (Å²) in [5.41, 5.74) is 4.10. The van der Waals surface area contributed by atoms with Crippen molar-refractivity contribution in [2.24, 2.45) is 5.73 Å². The molecule has 33 heavy (non-hydrogen) atoms. The van der Waals surface area contributed by atoms with E-state index in [2.05, 4.69) is 10.3 Å². The van der Waals surface area contributed by atoms with E-state index in [9.17, 15) is 26.7 Å². The highest BCUT2D eigenvalue weighted by molar-refractivity contribution is 5.80. The SMILES string of the molecule is CC1(C)c2nc(-c3cc(F)c(F)c(F)c3F)c(Nc3ccc(F)cc3)n2CCN1C(=O)CN. The van der Waals surface area contributed by atoms with Gasteiger partial charge in [0.15, 0.2) is 23.3 Å². The summed E-state index contributed by atoms with van der Waals surface area (Å²) in [7, 11) is 0. The van der Waals surface area contributed by atoms with E-state index in [0.717, 1.165) is 0 Å². The Bertz CT molecular complexity index is 1240. The molecule has 0 fully saturated rings. The molecule has 0 bridgehead atoms. The highest BCUT2D eigenvalue weighted by Gasteiger charge is 2.41. The molecule has 2 aromatic carbocycles. The monoisotopic (exact) mass is 465 g/mol. The number of amides is 1. The van der Waals surface area contributed by atoms with E-state index in [-0.39, 0.29) is 37.1 Å². The number of nitrogens with two attached hydrogens (primary N) is 1. The molecule has 4 rings (SSSR count). The van der Waals surface area contributed by atoms with Gasteiger partial charge in [0.2, 0.25) is 5.91 Å². The molecule has 174 valence electrons. The standard InChI is InChI=1S/C22H20F5N5O/c1-22(2)21-30-19(13-9-14(24)17(26)18(27)16(13)25)20(29-12-5-3-11(23)4-6-12)31(21)7-8-32(22)15(33)10-28/h3-6,9,29H,7-8,10,28H2,1-2H3. The number of nitrogens with zero attached hydrogens (tertiary/aromatic N) is 3. The first-order chi connectivity index (χ1) is 15.6. The van der Waals surface area contributed by atoms with Crippen LogP contribution in [-0.4, -0.2) is 33.4 Å². The number of aromatic nitrogens is 2. The molecule has 3 N–H and O–H groups in total. The Morgan fingerprint density at radius 3 is 2.36 bits per heavy atom. The summed E-state index contributed by atoms with van der Waals surface area (Å²) < 4.78 is 71.3. The summed E-state index contributed by atoms with van der Waals surface area (Å²) in [5, 5.41) is 2.98. The Hall–Kier alpha value is -3.47. The fourth-order valence-electron chi connectivity index (χ4n) is 4.01. The van der Waals surface area contributed by atoms with Crippen molar-refractivity contribution in [1.82, 2.24) is 14.5 Å². The summed E-state index contributed by atoms with van der Waals surface area (Å²) in [6.07, 6.45) is 0. The fraction of sp³-hybridized carbons (Fsp3) is 0.273. The molecule has 1 aliphatic heterocycles. The Morgan fingerprint density at radius 2 is 1.73 bits per heavy atom. The number of fused-ring (bicyclic) bond motifs is 1. The Balaban J connectivity index is 1.94. The number of hydrogen-bond donors (Lipinski definition) is 2. The van der Waals surface area contributed by atoms with Gasteiger partial charge in [-0.05, 0) is 44.2 Å². The van der Waals surface area contributed by atoms with Gasteiger partial charge in [0.25, 0.3) is 0 Å². The first kappa shape index (κ1) is 22.7. The maximum atomic E-state index is 14.7. The Labute approximate surface area is 185 Å². The van der Waals surface area contributed by atoms with Crippen LogP contribution in [0.2, 0.25) is 0 Å². The number of rotatable bonds is 4. The molecular weight excluding hydrogens is 445 g/mol. The zero-order valence-corrected chi connectivity index (χ0v) is 17.7. The van der Waals surface area contributed by atoms with Crippen molar-refractivity contribution in [3.8, 4) is 11.3 Å². The molecule has 0 saturated carbocycles. The summed E-state index contributed by atoms with van der Waals surface area (Å²) in [4.78, 5) is 18.3. The third-order valence-corrected chi connectivity index (χ3v) is 5.68. The van der Waals surface area contributed by atoms with Gasteiger partial charge in [-0.25, -0.2) is 26.9 Å². The lowest BCUT2D eigenvalue weighted by Gasteiger charge is -2.42. The molecule has 0 unspecified atom stereocenters. The second-order valence-corrected chi connectivity index (χ2v) is 8.07. The minimum Gasteiger partial charge on any atom is -0.340 e. The minimum atomic E-state index is -1.97. The highest BCUT2D eigenvalue weighted by Crippen LogP contribution is 2.41. The molecule has 3 aromatic rings. The largest absolute Gasteiger partial charge is 0.340 e. The van der Waals surface area contributed by atoms with Crippen molar-refractivity contribution in [3.63, 3.8) is 0 Å². The van der Waals surface area contributed by atoms with E-state index in [1.807, 2.05) is 0 Å². The molecule has 0 radical (unpaired) electrons. The number of imidazole rings is 1. The lowest BCUT2D eigenvalue weighted by atomic mass is 9.99. The lowest BCUT2D eigenvalue weighted by Crippen LogP contribution is -2.53. The lowest BCUT2D eigenvalue weighted by molar-refractivity contribution is -0.137. The number of carbonyl (C=O) groups excluding carboxylic acids is 1. The van der Waals surface area contributed by atoms with Crippen LogP contribution in [0.4, 0.5) is 33.5 Å². The smallest absolute Gasteiger partial charge is 0.237 e. The summed E-state index contributed by atoms with van der Waals surface area (Å²) in [5.74, 6) is -7.48. The number of benzene rings is 2. The van der Waals surface area contributed by atoms with E-state index in [1.165, 1.54) is 29.2 Å². The van der Waals surface area contributed by atoms with Gasteiger partial charge in [-0.3, -0.25) is 4.79 Å². The molecule has 11 heteroatoms. The van der Waals surface area contributed by atoms with E-state index >= 15 is 0 Å². The van der Waals surface area contributed by atoms with Crippen LogP contribution in [0.1, 0.15) is 19.7 Å². The minimum absolute atomic E-state index is 0.147. The summed E-state index contributed by atoms with van der Waals surface area (Å²) in [6.45, 7) is 3.60. The van der Waals surface area contributed by atoms with E-state index < -0.39 is 40.2 Å². The number of carbonyl (C=O) groups is 1. The number of hydrogen-bond acceptors (Lipinski definition) is 4. The van der Waals surface area contributed by atoms with Crippen LogP contribution in [0.15, 0.2) is 30.3 Å². The summed E-state index contributed by atoms with van der Waals surface area (Å²) in [6, 6.07) is 5.74. The first-order valence-electron chi connectivity index (χ1n) is 10.0. The van der Waals surface area contributed by atoms with Crippen LogP contribution < -0.4 is 11.1 Å². The van der Waals surface area contributed by atoms with Gasteiger partial charge in [0, 0.05) is 24.3 Å². The van der Waals surface area contributed by atoms with E-state index in [1.54, 1.807) is 18.4 Å². The predicted octanol–water partition coefficient (Wildman–Crippen LogP) is 4.03. The predicted molar refractivity (Wildman–Crippen MR) is 111 cm³/mol. The Morgan fingerprint density at radius 1 is 1.06 bits per heavy atom. The molecule has 0 atom stereocenters. The topological polar surface area (TPSA) is 76.2 Å². The highest BCUT2D eigenvalue weighted by atomic mass is 19.2. The van der Waals surface area contributed by atoms with Crippen LogP contribution in [0.3, 0.4) is 0 Å². The van der Waals surface area contributed by atoms with Crippen molar-refractivity contribution >= 4 is 17.4 Å². The number of nitrogens with one attached hydrogen (secondary N) is 1. The maximum absolute atomic E-state index is 14.7. The van der Waals surface area contributed by atoms with Gasteiger partial charge in [0.05, 0.1) is 12.1 Å². The molecule has 1 aliphatic rings. The molecular formula is C22H20F5N5O. The quantitative estimate of drug-likeness (QED) is 0.347. The second-order valence-electron chi connectivity index (χ2n) is 8.07. The van der Waals surface area contributed by atoms with Crippen LogP contribution in [0, 0.1) is 29.1 Å². The van der Waals surface area contributed by atoms with Gasteiger partial charge in [-0.1, -0.05) is 0 Å². The van der Waals surface area contributed by atoms with Crippen molar-refractivity contribution in [2.45, 2.75) is 25.9 Å². The molecule has 6 nitrogen and oxygen atoms in total. The van der Waals surface area contributed by atoms with Gasteiger partial charge >= 0.3 is 0 Å². The zero-order valence-electron chi connectivity index (χ0n) is 17.7. The second kappa shape index (κ2) is 8.14. The maximum Gasteiger partial charge on any atom is 0.237 e. The van der Waals surface area contributed by atoms with Crippen LogP contribution in [-0.2, 0) is 16.9 Å². The van der Waals surface area contributed by atoms with Gasteiger partial charge in [-0.15, -0.1) is 0 Å². The third-order valence-electron chi connectivity index (χ3n) is 5.68. The molecule has 2 heterocycles.